The molecule has 0 unspecified atom stereocenters. The lowest BCUT2D eigenvalue weighted by atomic mass is 9.79. The second-order valence-corrected chi connectivity index (χ2v) is 7.91. The lowest BCUT2D eigenvalue weighted by molar-refractivity contribution is -0.0957. The van der Waals surface area contributed by atoms with Gasteiger partial charge in [0, 0.05) is 35.5 Å². The Kier molecular flexibility index (Phi) is 3.36. The molecule has 0 radical (unpaired) electrons. The van der Waals surface area contributed by atoms with E-state index >= 15 is 0 Å². The van der Waals surface area contributed by atoms with Gasteiger partial charge in [-0.2, -0.15) is 0 Å². The van der Waals surface area contributed by atoms with Gasteiger partial charge in [0.25, 0.3) is 0 Å². The zero-order chi connectivity index (χ0) is 15.3. The summed E-state index contributed by atoms with van der Waals surface area (Å²) in [4.78, 5) is 2.83. The van der Waals surface area contributed by atoms with Crippen molar-refractivity contribution in [3.05, 3.63) is 33.3 Å². The molecule has 1 spiro atoms. The quantitative estimate of drug-likeness (QED) is 0.877. The van der Waals surface area contributed by atoms with Crippen molar-refractivity contribution in [2.24, 2.45) is 7.05 Å². The number of hydrogen-bond acceptors (Lipinski definition) is 5. The largest absolute Gasteiger partial charge is 0.369 e. The Hall–Kier alpha value is -1.24. The molecule has 3 atom stereocenters. The zero-order valence-corrected chi connectivity index (χ0v) is 14.1. The number of aryl methyl sites for hydroxylation is 2. The first-order valence-corrected chi connectivity index (χ1v) is 8.73. The van der Waals surface area contributed by atoms with E-state index in [0.717, 1.165) is 31.6 Å². The van der Waals surface area contributed by atoms with E-state index in [9.17, 15) is 0 Å². The van der Waals surface area contributed by atoms with Crippen LogP contribution in [0.5, 0.6) is 0 Å². The average molecular weight is 318 g/mol. The third kappa shape index (κ3) is 2.30. The van der Waals surface area contributed by atoms with Crippen molar-refractivity contribution < 1.29 is 4.74 Å². The molecule has 0 aliphatic carbocycles. The van der Waals surface area contributed by atoms with Crippen molar-refractivity contribution in [1.82, 2.24) is 20.3 Å². The maximum atomic E-state index is 6.39. The fourth-order valence-electron chi connectivity index (χ4n) is 3.95. The van der Waals surface area contributed by atoms with E-state index in [1.54, 1.807) is 4.68 Å². The fraction of sp³-hybridized carbons (Fsp3) is 0.625. The van der Waals surface area contributed by atoms with E-state index in [1.807, 2.05) is 24.6 Å². The molecule has 118 valence electrons. The predicted molar refractivity (Wildman–Crippen MR) is 86.0 cm³/mol. The molecule has 2 aromatic rings. The Morgan fingerprint density at radius 3 is 3.09 bits per heavy atom. The number of aromatic nitrogens is 3. The first kappa shape index (κ1) is 14.4. The van der Waals surface area contributed by atoms with Crippen LogP contribution in [0.3, 0.4) is 0 Å². The van der Waals surface area contributed by atoms with Gasteiger partial charge in [0.2, 0.25) is 0 Å². The van der Waals surface area contributed by atoms with Crippen molar-refractivity contribution in [2.45, 2.75) is 50.8 Å². The molecule has 2 aliphatic heterocycles. The van der Waals surface area contributed by atoms with Gasteiger partial charge >= 0.3 is 0 Å². The summed E-state index contributed by atoms with van der Waals surface area (Å²) in [6.07, 6.45) is 5.01. The first-order chi connectivity index (χ1) is 10.6. The number of thiophene rings is 1. The predicted octanol–water partition coefficient (Wildman–Crippen LogP) is 2.47. The molecule has 6 heteroatoms. The molecule has 0 aromatic carbocycles. The molecule has 1 N–H and O–H groups in total. The fourth-order valence-corrected chi connectivity index (χ4v) is 5.17. The van der Waals surface area contributed by atoms with Crippen LogP contribution in [0.2, 0.25) is 0 Å². The molecule has 4 rings (SSSR count). The van der Waals surface area contributed by atoms with Crippen LogP contribution in [0.25, 0.3) is 0 Å². The molecule has 22 heavy (non-hydrogen) atoms. The van der Waals surface area contributed by atoms with Crippen LogP contribution >= 0.6 is 11.3 Å². The third-order valence-electron chi connectivity index (χ3n) is 4.73. The average Bonchev–Trinajstić information content (AvgIpc) is 3.04. The van der Waals surface area contributed by atoms with Crippen LogP contribution in [0.1, 0.15) is 46.8 Å². The van der Waals surface area contributed by atoms with Gasteiger partial charge in [-0.05, 0) is 38.3 Å². The zero-order valence-electron chi connectivity index (χ0n) is 13.3. The molecular formula is C16H22N4OS. The van der Waals surface area contributed by atoms with Gasteiger partial charge in [0.1, 0.15) is 5.60 Å². The van der Waals surface area contributed by atoms with Crippen molar-refractivity contribution in [3.63, 3.8) is 0 Å². The number of ether oxygens (including phenoxy) is 1. The summed E-state index contributed by atoms with van der Waals surface area (Å²) >= 11 is 1.91. The van der Waals surface area contributed by atoms with E-state index in [0.29, 0.717) is 6.04 Å². The molecule has 2 aliphatic rings. The van der Waals surface area contributed by atoms with Gasteiger partial charge in [-0.15, -0.1) is 16.4 Å². The number of fused-ring (bicyclic) bond motifs is 2. The van der Waals surface area contributed by atoms with Crippen LogP contribution in [0, 0.1) is 6.92 Å². The minimum atomic E-state index is -0.153. The Morgan fingerprint density at radius 1 is 1.45 bits per heavy atom. The Bertz CT molecular complexity index is 694. The molecule has 2 aromatic heterocycles. The molecular weight excluding hydrogens is 296 g/mol. The Balaban J connectivity index is 1.72. The molecule has 1 fully saturated rings. The Labute approximate surface area is 134 Å². The summed E-state index contributed by atoms with van der Waals surface area (Å²) in [6.45, 7) is 5.26. The summed E-state index contributed by atoms with van der Waals surface area (Å²) in [6, 6.07) is 2.94. The van der Waals surface area contributed by atoms with Crippen molar-refractivity contribution in [3.8, 4) is 0 Å². The summed E-state index contributed by atoms with van der Waals surface area (Å²) in [5.41, 5.74) is 2.34. The highest BCUT2D eigenvalue weighted by molar-refractivity contribution is 7.12. The van der Waals surface area contributed by atoms with E-state index in [1.165, 1.54) is 15.3 Å². The van der Waals surface area contributed by atoms with Gasteiger partial charge in [0.05, 0.1) is 18.3 Å². The monoisotopic (exact) mass is 318 g/mol. The van der Waals surface area contributed by atoms with E-state index in [2.05, 4.69) is 35.5 Å². The van der Waals surface area contributed by atoms with Crippen LogP contribution in [0.4, 0.5) is 0 Å². The smallest absolute Gasteiger partial charge is 0.106 e. The minimum absolute atomic E-state index is 0.153. The van der Waals surface area contributed by atoms with Gasteiger partial charge in [-0.3, -0.25) is 4.68 Å². The number of piperidine rings is 1. The van der Waals surface area contributed by atoms with Crippen LogP contribution in [-0.4, -0.2) is 27.6 Å². The standard InChI is InChI=1S/C16H22N4OS/c1-10-7-16(8-13(17-10)14-9-20(3)19-18-14)15-12(4-5-21-16)6-11(2)22-15/h6,9-10,13,17H,4-5,7-8H2,1-3H3/t10-,13-,16-/m0/s1. The second kappa shape index (κ2) is 5.15. The van der Waals surface area contributed by atoms with Gasteiger partial charge < -0.3 is 10.1 Å². The van der Waals surface area contributed by atoms with Crippen molar-refractivity contribution in [1.29, 1.82) is 0 Å². The van der Waals surface area contributed by atoms with E-state index in [4.69, 9.17) is 4.74 Å². The first-order valence-electron chi connectivity index (χ1n) is 7.92. The van der Waals surface area contributed by atoms with E-state index in [-0.39, 0.29) is 11.6 Å². The lowest BCUT2D eigenvalue weighted by Crippen LogP contribution is -2.49. The summed E-state index contributed by atoms with van der Waals surface area (Å²) in [7, 11) is 1.91. The highest BCUT2D eigenvalue weighted by Crippen LogP contribution is 2.48. The highest BCUT2D eigenvalue weighted by Gasteiger charge is 2.46. The van der Waals surface area contributed by atoms with Crippen molar-refractivity contribution in [2.75, 3.05) is 6.61 Å². The number of nitrogens with one attached hydrogen (secondary N) is 1. The Morgan fingerprint density at radius 2 is 2.32 bits per heavy atom. The molecule has 0 bridgehead atoms. The van der Waals surface area contributed by atoms with Gasteiger partial charge in [0.15, 0.2) is 0 Å². The molecule has 5 nitrogen and oxygen atoms in total. The SMILES string of the molecule is Cc1cc2c(s1)[C@]1(C[C@@H](c3cn(C)nn3)N[C@@H](C)C1)OCC2. The molecule has 0 amide bonds. The molecule has 0 saturated carbocycles. The summed E-state index contributed by atoms with van der Waals surface area (Å²) in [5, 5.41) is 12.1. The summed E-state index contributed by atoms with van der Waals surface area (Å²) < 4.78 is 8.16. The number of rotatable bonds is 1. The maximum absolute atomic E-state index is 6.39. The molecule has 1 saturated heterocycles. The normalized spacial score (nSPS) is 31.4. The van der Waals surface area contributed by atoms with Crippen LogP contribution < -0.4 is 5.32 Å². The van der Waals surface area contributed by atoms with Crippen LogP contribution in [0.15, 0.2) is 12.3 Å². The minimum Gasteiger partial charge on any atom is -0.369 e. The van der Waals surface area contributed by atoms with Crippen molar-refractivity contribution >= 4 is 11.3 Å². The lowest BCUT2D eigenvalue weighted by Gasteiger charge is -2.45. The van der Waals surface area contributed by atoms with Gasteiger partial charge in [-0.1, -0.05) is 5.21 Å². The van der Waals surface area contributed by atoms with Gasteiger partial charge in [-0.25, -0.2) is 0 Å². The highest BCUT2D eigenvalue weighted by atomic mass is 32.1. The van der Waals surface area contributed by atoms with Crippen LogP contribution in [-0.2, 0) is 23.8 Å². The topological polar surface area (TPSA) is 52.0 Å². The third-order valence-corrected chi connectivity index (χ3v) is 6.01. The maximum Gasteiger partial charge on any atom is 0.106 e. The second-order valence-electron chi connectivity index (χ2n) is 6.65. The number of nitrogens with zero attached hydrogens (tertiary/aromatic N) is 3. The summed E-state index contributed by atoms with van der Waals surface area (Å²) in [5.74, 6) is 0. The molecule has 4 heterocycles. The van der Waals surface area contributed by atoms with E-state index < -0.39 is 0 Å². The number of hydrogen-bond donors (Lipinski definition) is 1.